The Kier molecular flexibility index (Phi) is 5.12. The van der Waals surface area contributed by atoms with Crippen LogP contribution in [0, 0.1) is 5.82 Å². The molecule has 0 amide bonds. The van der Waals surface area contributed by atoms with E-state index in [2.05, 4.69) is 20.3 Å². The molecule has 0 saturated carbocycles. The number of hydrogen-bond acceptors (Lipinski definition) is 7. The molecule has 0 radical (unpaired) electrons. The number of carboxylic acid groups (broad SMARTS) is 1. The number of nitrogens with zero attached hydrogens (tertiary/aromatic N) is 4. The highest BCUT2D eigenvalue weighted by molar-refractivity contribution is 6.18. The first-order valence-electron chi connectivity index (χ1n) is 11.7. The Morgan fingerprint density at radius 2 is 2.03 bits per heavy atom. The zero-order chi connectivity index (χ0) is 26.0. The molecule has 188 valence electrons. The van der Waals surface area contributed by atoms with E-state index < -0.39 is 23.3 Å². The van der Waals surface area contributed by atoms with Gasteiger partial charge in [0.1, 0.15) is 22.7 Å². The van der Waals surface area contributed by atoms with E-state index in [0.29, 0.717) is 63.9 Å². The summed E-state index contributed by atoms with van der Waals surface area (Å²) in [5.74, 6) is -1.73. The Balaban J connectivity index is 1.69. The van der Waals surface area contributed by atoms with Crippen LogP contribution in [0.3, 0.4) is 0 Å². The third-order valence-electron chi connectivity index (χ3n) is 6.97. The number of aromatic carboxylic acids is 1. The number of β-amino-alcohol motifs (C(OH)–C–C–N with tert-alkyl or cyclic N) is 1. The largest absolute Gasteiger partial charge is 0.477 e. The minimum absolute atomic E-state index is 0.162. The second-order valence-electron chi connectivity index (χ2n) is 9.27. The van der Waals surface area contributed by atoms with Crippen LogP contribution >= 0.6 is 0 Å². The predicted octanol–water partition coefficient (Wildman–Crippen LogP) is 3.08. The number of rotatable bonds is 4. The summed E-state index contributed by atoms with van der Waals surface area (Å²) >= 11 is 0. The van der Waals surface area contributed by atoms with Gasteiger partial charge < -0.3 is 30.0 Å². The number of carbonyl (C=O) groups is 1. The number of H-pyrrole nitrogens is 1. The maximum atomic E-state index is 14.6. The number of carboxylic acids is 1. The third-order valence-corrected chi connectivity index (χ3v) is 6.97. The molecule has 37 heavy (non-hydrogen) atoms. The van der Waals surface area contributed by atoms with Crippen LogP contribution in [0.4, 0.5) is 15.8 Å². The molecule has 0 spiro atoms. The number of fused-ring (bicyclic) bond motifs is 4. The van der Waals surface area contributed by atoms with E-state index in [1.165, 1.54) is 22.9 Å². The van der Waals surface area contributed by atoms with Crippen molar-refractivity contribution in [2.45, 2.75) is 12.5 Å². The summed E-state index contributed by atoms with van der Waals surface area (Å²) in [5.41, 5.74) is 3.11. The fourth-order valence-corrected chi connectivity index (χ4v) is 5.25. The highest BCUT2D eigenvalue weighted by Gasteiger charge is 2.28. The lowest BCUT2D eigenvalue weighted by atomic mass is 10.0. The van der Waals surface area contributed by atoms with Crippen molar-refractivity contribution in [3.05, 3.63) is 58.4 Å². The van der Waals surface area contributed by atoms with Gasteiger partial charge in [0.15, 0.2) is 0 Å². The Bertz CT molecular complexity index is 1810. The lowest BCUT2D eigenvalue weighted by molar-refractivity contribution is 0.0695. The Morgan fingerprint density at radius 3 is 2.73 bits per heavy atom. The summed E-state index contributed by atoms with van der Waals surface area (Å²) in [6.45, 7) is 0.943. The van der Waals surface area contributed by atoms with Gasteiger partial charge >= 0.3 is 5.97 Å². The van der Waals surface area contributed by atoms with Crippen LogP contribution in [0.25, 0.3) is 44.1 Å². The summed E-state index contributed by atoms with van der Waals surface area (Å²) in [6, 6.07) is 4.47. The topological polar surface area (TPSA) is 136 Å². The highest BCUT2D eigenvalue weighted by Crippen LogP contribution is 2.43. The number of hydrogen-bond donors (Lipinski definition) is 4. The van der Waals surface area contributed by atoms with Crippen molar-refractivity contribution >= 4 is 50.3 Å². The first-order chi connectivity index (χ1) is 17.8. The number of aromatic nitrogens is 4. The van der Waals surface area contributed by atoms with E-state index in [9.17, 15) is 24.2 Å². The number of nitrogens with one attached hydrogen (secondary N) is 2. The van der Waals surface area contributed by atoms with Crippen molar-refractivity contribution in [1.29, 1.82) is 0 Å². The van der Waals surface area contributed by atoms with Gasteiger partial charge in [-0.3, -0.25) is 4.79 Å². The van der Waals surface area contributed by atoms with Crippen LogP contribution in [0.5, 0.6) is 0 Å². The van der Waals surface area contributed by atoms with Gasteiger partial charge in [0.05, 0.1) is 33.8 Å². The summed E-state index contributed by atoms with van der Waals surface area (Å²) in [7, 11) is 3.34. The van der Waals surface area contributed by atoms with Crippen LogP contribution in [-0.2, 0) is 7.05 Å². The average molecular weight is 503 g/mol. The molecule has 1 aliphatic rings. The van der Waals surface area contributed by atoms with E-state index in [1.54, 1.807) is 32.6 Å². The van der Waals surface area contributed by atoms with Gasteiger partial charge in [-0.2, -0.15) is 0 Å². The number of pyridine rings is 3. The third kappa shape index (κ3) is 3.50. The normalized spacial score (nSPS) is 15.8. The summed E-state index contributed by atoms with van der Waals surface area (Å²) in [6.07, 6.45) is 4.56. The summed E-state index contributed by atoms with van der Waals surface area (Å²) in [5, 5.41) is 24.3. The molecule has 10 nitrogen and oxygen atoms in total. The molecule has 1 aromatic carbocycles. The van der Waals surface area contributed by atoms with Crippen molar-refractivity contribution in [3.8, 4) is 11.1 Å². The molecule has 5 heterocycles. The number of aliphatic hydroxyl groups excluding tert-OH is 1. The van der Waals surface area contributed by atoms with Gasteiger partial charge in [0.2, 0.25) is 5.43 Å². The Morgan fingerprint density at radius 1 is 1.22 bits per heavy atom. The highest BCUT2D eigenvalue weighted by atomic mass is 19.1. The minimum atomic E-state index is -1.32. The van der Waals surface area contributed by atoms with Crippen LogP contribution in [0.15, 0.2) is 41.6 Å². The van der Waals surface area contributed by atoms with Crippen LogP contribution in [-0.4, -0.2) is 61.9 Å². The molecule has 0 aliphatic carbocycles. The monoisotopic (exact) mass is 502 g/mol. The zero-order valence-electron chi connectivity index (χ0n) is 20.0. The van der Waals surface area contributed by atoms with Gasteiger partial charge in [-0.15, -0.1) is 0 Å². The Labute approximate surface area is 209 Å². The number of aliphatic hydroxyl groups is 1. The second kappa shape index (κ2) is 8.27. The molecule has 1 fully saturated rings. The van der Waals surface area contributed by atoms with Crippen LogP contribution in [0.2, 0.25) is 0 Å². The van der Waals surface area contributed by atoms with Crippen LogP contribution < -0.4 is 15.6 Å². The summed E-state index contributed by atoms with van der Waals surface area (Å²) in [4.78, 5) is 39.0. The molecular weight excluding hydrogens is 479 g/mol. The molecular formula is C26H23FN6O4. The summed E-state index contributed by atoms with van der Waals surface area (Å²) < 4.78 is 16.1. The fourth-order valence-electron chi connectivity index (χ4n) is 5.25. The molecule has 4 aromatic heterocycles. The molecule has 0 bridgehead atoms. The molecule has 5 aromatic rings. The lowest BCUT2D eigenvalue weighted by Crippen LogP contribution is -2.22. The van der Waals surface area contributed by atoms with E-state index in [4.69, 9.17) is 0 Å². The molecule has 1 aliphatic heterocycles. The number of anilines is 2. The second-order valence-corrected chi connectivity index (χ2v) is 9.27. The quantitative estimate of drug-likeness (QED) is 0.294. The van der Waals surface area contributed by atoms with Gasteiger partial charge in [0, 0.05) is 62.3 Å². The van der Waals surface area contributed by atoms with E-state index >= 15 is 0 Å². The number of benzene rings is 1. The lowest BCUT2D eigenvalue weighted by Gasteiger charge is -2.23. The number of halogens is 1. The van der Waals surface area contributed by atoms with E-state index in [1.807, 2.05) is 4.90 Å². The van der Waals surface area contributed by atoms with Crippen LogP contribution in [0.1, 0.15) is 16.8 Å². The van der Waals surface area contributed by atoms with Crippen molar-refractivity contribution in [1.82, 2.24) is 19.5 Å². The average Bonchev–Trinajstić information content (AvgIpc) is 3.48. The van der Waals surface area contributed by atoms with E-state index in [0.717, 1.165) is 5.69 Å². The van der Waals surface area contributed by atoms with Gasteiger partial charge in [-0.25, -0.2) is 19.2 Å². The van der Waals surface area contributed by atoms with Gasteiger partial charge in [0.25, 0.3) is 0 Å². The molecule has 1 unspecified atom stereocenters. The van der Waals surface area contributed by atoms with Gasteiger partial charge in [-0.05, 0) is 24.6 Å². The maximum Gasteiger partial charge on any atom is 0.341 e. The number of aromatic amines is 1. The minimum Gasteiger partial charge on any atom is -0.477 e. The zero-order valence-corrected chi connectivity index (χ0v) is 20.0. The fraction of sp³-hybridized carbons (Fsp3) is 0.231. The smallest absolute Gasteiger partial charge is 0.341 e. The van der Waals surface area contributed by atoms with E-state index in [-0.39, 0.29) is 10.9 Å². The molecule has 1 saturated heterocycles. The molecule has 6 rings (SSSR count). The Hall–Kier alpha value is -4.51. The van der Waals surface area contributed by atoms with Crippen molar-refractivity contribution in [2.24, 2.45) is 7.05 Å². The van der Waals surface area contributed by atoms with Crippen molar-refractivity contribution < 1.29 is 19.4 Å². The standard InChI is InChI=1S/C26H23FN6O4/c1-28-19-7-13(27)6-15-20-22(33-4-3-14(34)10-33)17(9-29-24(20)31-21(15)19)12-5-16-23(35)18(26(36)37)11-32(2)25(16)30-8-12/h5-9,11,14,28,34H,3-4,10H2,1-2H3,(H,29,31)(H,36,37). The molecule has 11 heteroatoms. The SMILES string of the molecule is CNc1cc(F)cc2c1[nH]c1ncc(-c3cnc4c(c3)c(=O)c(C(=O)O)cn4C)c(N3CCC(O)C3)c12. The van der Waals surface area contributed by atoms with Crippen molar-refractivity contribution in [2.75, 3.05) is 30.4 Å². The maximum absolute atomic E-state index is 14.6. The molecule has 1 atom stereocenters. The van der Waals surface area contributed by atoms with Gasteiger partial charge in [-0.1, -0.05) is 0 Å². The number of aryl methyl sites for hydroxylation is 1. The molecule has 4 N–H and O–H groups in total. The van der Waals surface area contributed by atoms with Crippen molar-refractivity contribution in [3.63, 3.8) is 0 Å². The first kappa shape index (κ1) is 22.9. The first-order valence-corrected chi connectivity index (χ1v) is 11.7. The predicted molar refractivity (Wildman–Crippen MR) is 139 cm³/mol.